The van der Waals surface area contributed by atoms with E-state index in [0.717, 1.165) is 11.1 Å². The van der Waals surface area contributed by atoms with Crippen LogP contribution in [0.25, 0.3) is 0 Å². The first-order chi connectivity index (χ1) is 15.7. The third-order valence-electron chi connectivity index (χ3n) is 4.54. The first kappa shape index (κ1) is 26.9. The second-order valence-corrected chi connectivity index (χ2v) is 8.93. The lowest BCUT2D eigenvalue weighted by molar-refractivity contribution is -0.153. The van der Waals surface area contributed by atoms with Crippen molar-refractivity contribution in [1.82, 2.24) is 15.6 Å². The maximum atomic E-state index is 12.7. The lowest BCUT2D eigenvalue weighted by Gasteiger charge is -2.24. The van der Waals surface area contributed by atoms with Crippen molar-refractivity contribution < 1.29 is 32.2 Å². The van der Waals surface area contributed by atoms with Crippen LogP contribution in [-0.2, 0) is 9.53 Å². The summed E-state index contributed by atoms with van der Waals surface area (Å²) in [6, 6.07) is 9.10. The number of hydrogen-bond donors (Lipinski definition) is 2. The van der Waals surface area contributed by atoms with E-state index in [-0.39, 0.29) is 18.1 Å². The van der Waals surface area contributed by atoms with E-state index < -0.39 is 36.6 Å². The Hall–Kier alpha value is -3.30. The highest BCUT2D eigenvalue weighted by molar-refractivity contribution is 5.78. The van der Waals surface area contributed by atoms with Gasteiger partial charge in [-0.1, -0.05) is 29.8 Å². The van der Waals surface area contributed by atoms with Crippen molar-refractivity contribution in [3.63, 3.8) is 0 Å². The van der Waals surface area contributed by atoms with Crippen LogP contribution in [0.1, 0.15) is 63.0 Å². The molecule has 0 saturated carbocycles. The Balaban J connectivity index is 2.03. The number of aryl methyl sites for hydroxylation is 1. The summed E-state index contributed by atoms with van der Waals surface area (Å²) in [7, 11) is 0. The van der Waals surface area contributed by atoms with Gasteiger partial charge in [0, 0.05) is 0 Å². The fraction of sp³-hybridized carbons (Fsp3) is 0.458. The summed E-state index contributed by atoms with van der Waals surface area (Å²) in [5.74, 6) is -0.381. The van der Waals surface area contributed by atoms with Crippen molar-refractivity contribution in [3.8, 4) is 5.75 Å². The summed E-state index contributed by atoms with van der Waals surface area (Å²) in [4.78, 5) is 29.1. The molecule has 2 aromatic rings. The van der Waals surface area contributed by atoms with Crippen LogP contribution < -0.4 is 15.4 Å². The molecule has 34 heavy (non-hydrogen) atoms. The van der Waals surface area contributed by atoms with Crippen LogP contribution in [0.5, 0.6) is 5.75 Å². The average molecular weight is 482 g/mol. The highest BCUT2D eigenvalue weighted by Crippen LogP contribution is 2.21. The van der Waals surface area contributed by atoms with Gasteiger partial charge in [0.15, 0.2) is 6.61 Å². The van der Waals surface area contributed by atoms with Gasteiger partial charge in [0.2, 0.25) is 5.91 Å². The number of ether oxygens (including phenoxy) is 2. The molecule has 0 spiro atoms. The number of nitrogens with zero attached hydrogens (tertiary/aromatic N) is 1. The molecule has 7 nitrogen and oxygen atoms in total. The van der Waals surface area contributed by atoms with Crippen LogP contribution in [-0.4, -0.2) is 35.4 Å². The normalized spacial score (nSPS) is 13.5. The van der Waals surface area contributed by atoms with Gasteiger partial charge in [-0.2, -0.15) is 13.2 Å². The Kier molecular flexibility index (Phi) is 8.89. The molecule has 2 amide bonds. The summed E-state index contributed by atoms with van der Waals surface area (Å²) in [6.07, 6.45) is -3.97. The molecule has 2 atom stereocenters. The fourth-order valence-electron chi connectivity index (χ4n) is 2.96. The Labute approximate surface area is 197 Å². The summed E-state index contributed by atoms with van der Waals surface area (Å²) in [6.45, 7) is 7.45. The number of aromatic nitrogens is 1. The molecule has 0 aliphatic rings. The molecule has 0 unspecified atom stereocenters. The van der Waals surface area contributed by atoms with Gasteiger partial charge in [0.1, 0.15) is 11.4 Å². The Morgan fingerprint density at radius 1 is 1.03 bits per heavy atom. The quantitative estimate of drug-likeness (QED) is 0.543. The second-order valence-electron chi connectivity index (χ2n) is 8.93. The lowest BCUT2D eigenvalue weighted by Crippen LogP contribution is -2.38. The van der Waals surface area contributed by atoms with Crippen molar-refractivity contribution in [2.24, 2.45) is 0 Å². The number of halogens is 3. The zero-order valence-electron chi connectivity index (χ0n) is 19.8. The van der Waals surface area contributed by atoms with E-state index in [2.05, 4.69) is 20.4 Å². The molecule has 0 bridgehead atoms. The van der Waals surface area contributed by atoms with Crippen LogP contribution in [0.3, 0.4) is 0 Å². The van der Waals surface area contributed by atoms with Gasteiger partial charge in [-0.05, 0) is 52.3 Å². The van der Waals surface area contributed by atoms with E-state index in [1.807, 2.05) is 31.2 Å². The van der Waals surface area contributed by atoms with Crippen molar-refractivity contribution in [2.75, 3.05) is 6.61 Å². The molecule has 2 rings (SSSR count). The SMILES string of the molecule is Cc1ccc([C@@H](CC(=O)N[C@H](C)c2ccc(OCC(F)(F)F)cn2)NC(=O)OC(C)(C)C)cc1. The van der Waals surface area contributed by atoms with Gasteiger partial charge < -0.3 is 20.1 Å². The third-order valence-corrected chi connectivity index (χ3v) is 4.54. The van der Waals surface area contributed by atoms with Crippen molar-refractivity contribution in [2.45, 2.75) is 64.9 Å². The van der Waals surface area contributed by atoms with Crippen LogP contribution in [0.2, 0.25) is 0 Å². The number of rotatable bonds is 8. The highest BCUT2D eigenvalue weighted by atomic mass is 19.4. The number of hydrogen-bond acceptors (Lipinski definition) is 5. The fourth-order valence-corrected chi connectivity index (χ4v) is 2.96. The van der Waals surface area contributed by atoms with Crippen LogP contribution in [0.4, 0.5) is 18.0 Å². The molecular weight excluding hydrogens is 451 g/mol. The van der Waals surface area contributed by atoms with Crippen LogP contribution in [0, 0.1) is 6.92 Å². The number of nitrogens with one attached hydrogen (secondary N) is 2. The minimum Gasteiger partial charge on any atom is -0.483 e. The van der Waals surface area contributed by atoms with Crippen LogP contribution in [0.15, 0.2) is 42.6 Å². The van der Waals surface area contributed by atoms with Gasteiger partial charge in [0.05, 0.1) is 30.4 Å². The van der Waals surface area contributed by atoms with Crippen molar-refractivity contribution >= 4 is 12.0 Å². The van der Waals surface area contributed by atoms with E-state index in [1.54, 1.807) is 27.7 Å². The maximum absolute atomic E-state index is 12.7. The molecule has 10 heteroatoms. The Morgan fingerprint density at radius 3 is 2.21 bits per heavy atom. The summed E-state index contributed by atoms with van der Waals surface area (Å²) < 4.78 is 46.8. The Bertz CT molecular complexity index is 955. The van der Waals surface area contributed by atoms with E-state index in [0.29, 0.717) is 5.69 Å². The van der Waals surface area contributed by atoms with Crippen molar-refractivity contribution in [3.05, 3.63) is 59.4 Å². The lowest BCUT2D eigenvalue weighted by atomic mass is 10.0. The summed E-state index contributed by atoms with van der Waals surface area (Å²) in [5.41, 5.74) is 1.52. The van der Waals surface area contributed by atoms with E-state index in [1.165, 1.54) is 18.3 Å². The highest BCUT2D eigenvalue weighted by Gasteiger charge is 2.28. The number of alkyl halides is 3. The third kappa shape index (κ3) is 9.68. The standard InChI is InChI=1S/C24H30F3N3O4/c1-15-6-8-17(9-7-15)20(30-22(32)34-23(3,4)5)12-21(31)29-16(2)19-11-10-18(13-28-19)33-14-24(25,26)27/h6-11,13,16,20H,12,14H2,1-5H3,(H,29,31)(H,30,32)/t16-,20-/m1/s1. The number of pyridine rings is 1. The monoisotopic (exact) mass is 481 g/mol. The molecule has 186 valence electrons. The Morgan fingerprint density at radius 2 is 1.68 bits per heavy atom. The summed E-state index contributed by atoms with van der Waals surface area (Å²) >= 11 is 0. The molecule has 0 fully saturated rings. The number of benzene rings is 1. The van der Waals surface area contributed by atoms with Crippen LogP contribution >= 0.6 is 0 Å². The average Bonchev–Trinajstić information content (AvgIpc) is 2.70. The predicted octanol–water partition coefficient (Wildman–Crippen LogP) is 5.16. The smallest absolute Gasteiger partial charge is 0.422 e. The van der Waals surface area contributed by atoms with Gasteiger partial charge in [-0.3, -0.25) is 9.78 Å². The van der Waals surface area contributed by atoms with Gasteiger partial charge in [-0.15, -0.1) is 0 Å². The first-order valence-electron chi connectivity index (χ1n) is 10.7. The topological polar surface area (TPSA) is 89.5 Å². The molecule has 0 aliphatic heterocycles. The molecule has 0 saturated heterocycles. The minimum absolute atomic E-state index is 0.0272. The van der Waals surface area contributed by atoms with E-state index in [4.69, 9.17) is 4.74 Å². The molecule has 2 N–H and O–H groups in total. The zero-order chi connectivity index (χ0) is 25.5. The van der Waals surface area contributed by atoms with E-state index >= 15 is 0 Å². The number of amides is 2. The first-order valence-corrected chi connectivity index (χ1v) is 10.7. The predicted molar refractivity (Wildman–Crippen MR) is 120 cm³/mol. The number of alkyl carbamates (subject to hydrolysis) is 1. The summed E-state index contributed by atoms with van der Waals surface area (Å²) in [5, 5.41) is 5.53. The molecule has 0 radical (unpaired) electrons. The van der Waals surface area contributed by atoms with Gasteiger partial charge >= 0.3 is 12.3 Å². The number of carbonyl (C=O) groups is 2. The van der Waals surface area contributed by atoms with Gasteiger partial charge in [-0.25, -0.2) is 4.79 Å². The molecule has 1 aromatic carbocycles. The second kappa shape index (κ2) is 11.2. The zero-order valence-corrected chi connectivity index (χ0v) is 19.8. The van der Waals surface area contributed by atoms with Gasteiger partial charge in [0.25, 0.3) is 0 Å². The largest absolute Gasteiger partial charge is 0.483 e. The van der Waals surface area contributed by atoms with Crippen molar-refractivity contribution in [1.29, 1.82) is 0 Å². The molecule has 0 aliphatic carbocycles. The molecule has 1 aromatic heterocycles. The number of carbonyl (C=O) groups excluding carboxylic acids is 2. The molecule has 1 heterocycles. The minimum atomic E-state index is -4.44. The van der Waals surface area contributed by atoms with E-state index in [9.17, 15) is 22.8 Å². The molecular formula is C24H30F3N3O4. The maximum Gasteiger partial charge on any atom is 0.422 e.